The number of aryl methyl sites for hydroxylation is 1. The molecule has 0 aromatic carbocycles. The smallest absolute Gasteiger partial charge is 0.100 e. The van der Waals surface area contributed by atoms with Crippen LogP contribution in [0.3, 0.4) is 0 Å². The van der Waals surface area contributed by atoms with Gasteiger partial charge in [0.25, 0.3) is 0 Å². The van der Waals surface area contributed by atoms with E-state index in [1.807, 2.05) is 35.2 Å². The first kappa shape index (κ1) is 10.4. The zero-order chi connectivity index (χ0) is 10.7. The van der Waals surface area contributed by atoms with Crippen LogP contribution in [0.1, 0.15) is 23.6 Å². The predicted octanol–water partition coefficient (Wildman–Crippen LogP) is 2.24. The lowest BCUT2D eigenvalue weighted by Gasteiger charge is -2.11. The van der Waals surface area contributed by atoms with Crippen molar-refractivity contribution < 1.29 is 5.11 Å². The minimum absolute atomic E-state index is 0.453. The van der Waals surface area contributed by atoms with Gasteiger partial charge in [-0.1, -0.05) is 6.07 Å². The molecule has 0 saturated heterocycles. The molecule has 3 nitrogen and oxygen atoms in total. The minimum Gasteiger partial charge on any atom is -0.386 e. The fourth-order valence-corrected chi connectivity index (χ4v) is 2.36. The first-order chi connectivity index (χ1) is 7.31. The van der Waals surface area contributed by atoms with Gasteiger partial charge in [-0.25, -0.2) is 0 Å². The summed E-state index contributed by atoms with van der Waals surface area (Å²) in [6.07, 6.45) is 1.95. The number of rotatable bonds is 4. The maximum absolute atomic E-state index is 10.0. The van der Waals surface area contributed by atoms with Crippen LogP contribution in [0.5, 0.6) is 0 Å². The third-order valence-electron chi connectivity index (χ3n) is 2.36. The van der Waals surface area contributed by atoms with Gasteiger partial charge in [0.05, 0.1) is 5.69 Å². The summed E-state index contributed by atoms with van der Waals surface area (Å²) >= 11 is 1.67. The second-order valence-corrected chi connectivity index (χ2v) is 4.40. The molecule has 2 aromatic rings. The first-order valence-electron chi connectivity index (χ1n) is 5.03. The number of aliphatic hydroxyl groups excluding tert-OH is 1. The lowest BCUT2D eigenvalue weighted by molar-refractivity contribution is 0.168. The second-order valence-electron chi connectivity index (χ2n) is 3.37. The highest BCUT2D eigenvalue weighted by atomic mass is 32.1. The third-order valence-corrected chi connectivity index (χ3v) is 3.26. The molecule has 15 heavy (non-hydrogen) atoms. The molecule has 1 N–H and O–H groups in total. The van der Waals surface area contributed by atoms with Crippen molar-refractivity contribution in [3.8, 4) is 0 Å². The van der Waals surface area contributed by atoms with Crippen molar-refractivity contribution in [1.29, 1.82) is 0 Å². The Morgan fingerprint density at radius 2 is 2.40 bits per heavy atom. The highest BCUT2D eigenvalue weighted by Gasteiger charge is 2.13. The van der Waals surface area contributed by atoms with E-state index in [0.717, 1.165) is 12.2 Å². The van der Waals surface area contributed by atoms with Crippen LogP contribution in [-0.2, 0) is 13.0 Å². The SMILES string of the molecule is CCn1nccc1C(O)Cc1cccs1. The fraction of sp³-hybridized carbons (Fsp3) is 0.364. The third kappa shape index (κ3) is 2.27. The second kappa shape index (κ2) is 4.59. The van der Waals surface area contributed by atoms with Crippen LogP contribution in [0.25, 0.3) is 0 Å². The van der Waals surface area contributed by atoms with Crippen molar-refractivity contribution in [2.24, 2.45) is 0 Å². The Morgan fingerprint density at radius 1 is 1.53 bits per heavy atom. The molecule has 0 aliphatic rings. The Morgan fingerprint density at radius 3 is 3.07 bits per heavy atom. The van der Waals surface area contributed by atoms with Crippen molar-refractivity contribution >= 4 is 11.3 Å². The molecule has 0 saturated carbocycles. The van der Waals surface area contributed by atoms with E-state index in [9.17, 15) is 5.11 Å². The Bertz CT molecular complexity index is 408. The van der Waals surface area contributed by atoms with Gasteiger partial charge in [-0.3, -0.25) is 4.68 Å². The highest BCUT2D eigenvalue weighted by molar-refractivity contribution is 7.09. The monoisotopic (exact) mass is 222 g/mol. The molecule has 0 amide bonds. The van der Waals surface area contributed by atoms with E-state index in [-0.39, 0.29) is 0 Å². The number of nitrogens with zero attached hydrogens (tertiary/aromatic N) is 2. The van der Waals surface area contributed by atoms with Crippen LogP contribution in [0, 0.1) is 0 Å². The van der Waals surface area contributed by atoms with E-state index in [2.05, 4.69) is 5.10 Å². The molecule has 2 aromatic heterocycles. The van der Waals surface area contributed by atoms with Crippen LogP contribution >= 0.6 is 11.3 Å². The maximum atomic E-state index is 10.0. The maximum Gasteiger partial charge on any atom is 0.100 e. The van der Waals surface area contributed by atoms with Gasteiger partial charge in [0.1, 0.15) is 6.10 Å². The average molecular weight is 222 g/mol. The van der Waals surface area contributed by atoms with E-state index in [1.54, 1.807) is 17.5 Å². The van der Waals surface area contributed by atoms with Crippen molar-refractivity contribution in [3.63, 3.8) is 0 Å². The summed E-state index contributed by atoms with van der Waals surface area (Å²) < 4.78 is 1.83. The molecule has 2 heterocycles. The van der Waals surface area contributed by atoms with Crippen LogP contribution in [0.2, 0.25) is 0 Å². The zero-order valence-corrected chi connectivity index (χ0v) is 9.44. The molecule has 1 atom stereocenters. The van der Waals surface area contributed by atoms with Crippen molar-refractivity contribution in [2.75, 3.05) is 0 Å². The van der Waals surface area contributed by atoms with Crippen molar-refractivity contribution in [3.05, 3.63) is 40.3 Å². The average Bonchev–Trinajstić information content (AvgIpc) is 2.86. The molecule has 0 spiro atoms. The number of hydrogen-bond acceptors (Lipinski definition) is 3. The number of hydrogen-bond donors (Lipinski definition) is 1. The van der Waals surface area contributed by atoms with Gasteiger partial charge >= 0.3 is 0 Å². The lowest BCUT2D eigenvalue weighted by Crippen LogP contribution is -2.09. The molecule has 0 radical (unpaired) electrons. The van der Waals surface area contributed by atoms with Crippen LogP contribution in [-0.4, -0.2) is 14.9 Å². The molecule has 0 aliphatic heterocycles. The number of aliphatic hydroxyl groups is 1. The van der Waals surface area contributed by atoms with Gasteiger partial charge < -0.3 is 5.11 Å². The van der Waals surface area contributed by atoms with Crippen molar-refractivity contribution in [2.45, 2.75) is 26.0 Å². The molecule has 2 rings (SSSR count). The summed E-state index contributed by atoms with van der Waals surface area (Å²) in [6, 6.07) is 5.92. The summed E-state index contributed by atoms with van der Waals surface area (Å²) in [6.45, 7) is 2.82. The van der Waals surface area contributed by atoms with E-state index in [4.69, 9.17) is 0 Å². The molecule has 0 bridgehead atoms. The van der Waals surface area contributed by atoms with E-state index >= 15 is 0 Å². The predicted molar refractivity (Wildman–Crippen MR) is 60.9 cm³/mol. The molecule has 80 valence electrons. The standard InChI is InChI=1S/C11H14N2OS/c1-2-13-10(5-6-12-13)11(14)8-9-4-3-7-15-9/h3-7,11,14H,2,8H2,1H3. The summed E-state index contributed by atoms with van der Waals surface area (Å²) in [5, 5.41) is 16.2. The Balaban J connectivity index is 2.11. The van der Waals surface area contributed by atoms with E-state index in [0.29, 0.717) is 6.42 Å². The van der Waals surface area contributed by atoms with Gasteiger partial charge in [-0.2, -0.15) is 5.10 Å². The van der Waals surface area contributed by atoms with Gasteiger partial charge in [0.2, 0.25) is 0 Å². The Labute approximate surface area is 93.0 Å². The summed E-state index contributed by atoms with van der Waals surface area (Å²) in [4.78, 5) is 1.20. The minimum atomic E-state index is -0.453. The summed E-state index contributed by atoms with van der Waals surface area (Å²) in [7, 11) is 0. The van der Waals surface area contributed by atoms with Gasteiger partial charge in [0, 0.05) is 24.0 Å². The van der Waals surface area contributed by atoms with Gasteiger partial charge in [0.15, 0.2) is 0 Å². The van der Waals surface area contributed by atoms with Crippen LogP contribution in [0.4, 0.5) is 0 Å². The van der Waals surface area contributed by atoms with Crippen LogP contribution < -0.4 is 0 Å². The fourth-order valence-electron chi connectivity index (χ4n) is 1.61. The van der Waals surface area contributed by atoms with Crippen molar-refractivity contribution in [1.82, 2.24) is 9.78 Å². The molecule has 4 heteroatoms. The number of aromatic nitrogens is 2. The first-order valence-corrected chi connectivity index (χ1v) is 5.91. The van der Waals surface area contributed by atoms with E-state index in [1.165, 1.54) is 4.88 Å². The molecule has 0 fully saturated rings. The molecular weight excluding hydrogens is 208 g/mol. The van der Waals surface area contributed by atoms with Crippen LogP contribution in [0.15, 0.2) is 29.8 Å². The summed E-state index contributed by atoms with van der Waals surface area (Å²) in [5.41, 5.74) is 0.894. The van der Waals surface area contributed by atoms with E-state index < -0.39 is 6.10 Å². The number of thiophene rings is 1. The zero-order valence-electron chi connectivity index (χ0n) is 8.63. The topological polar surface area (TPSA) is 38.0 Å². The molecule has 0 aliphatic carbocycles. The van der Waals surface area contributed by atoms with Gasteiger partial charge in [-0.15, -0.1) is 11.3 Å². The largest absolute Gasteiger partial charge is 0.386 e. The Hall–Kier alpha value is -1.13. The quantitative estimate of drug-likeness (QED) is 0.861. The highest BCUT2D eigenvalue weighted by Crippen LogP contribution is 2.20. The molecular formula is C11H14N2OS. The lowest BCUT2D eigenvalue weighted by atomic mass is 10.1. The normalized spacial score (nSPS) is 12.9. The van der Waals surface area contributed by atoms with Gasteiger partial charge in [-0.05, 0) is 24.4 Å². The molecule has 1 unspecified atom stereocenters. The summed E-state index contributed by atoms with van der Waals surface area (Å²) in [5.74, 6) is 0. The Kier molecular flexibility index (Phi) is 3.18.